The zero-order valence-electron chi connectivity index (χ0n) is 12.5. The number of nitrogens with one attached hydrogen (secondary N) is 2. The van der Waals surface area contributed by atoms with Gasteiger partial charge in [0.25, 0.3) is 5.56 Å². The molecule has 0 saturated carbocycles. The summed E-state index contributed by atoms with van der Waals surface area (Å²) >= 11 is 0. The normalized spacial score (nSPS) is 18.8. The standard InChI is InChI=1S/C15H21N5O/c1-11-18-12(9-14(21)19-11)15(2)3-7-20(8-4-15)10-13-16-5-6-17-13/h5-6,9H,3-4,7-8,10H2,1-2H3,(H,16,17)(H,18,19,21). The number of nitrogens with zero attached hydrogens (tertiary/aromatic N) is 3. The van der Waals surface area contributed by atoms with Gasteiger partial charge in [0.1, 0.15) is 11.6 Å². The van der Waals surface area contributed by atoms with E-state index in [1.54, 1.807) is 12.3 Å². The molecule has 21 heavy (non-hydrogen) atoms. The molecule has 0 atom stereocenters. The summed E-state index contributed by atoms with van der Waals surface area (Å²) in [6.07, 6.45) is 5.64. The van der Waals surface area contributed by atoms with Crippen molar-refractivity contribution in [3.63, 3.8) is 0 Å². The monoisotopic (exact) mass is 287 g/mol. The molecule has 2 N–H and O–H groups in total. The summed E-state index contributed by atoms with van der Waals surface area (Å²) in [6.45, 7) is 6.87. The average Bonchev–Trinajstić information content (AvgIpc) is 2.93. The first-order valence-corrected chi connectivity index (χ1v) is 7.34. The molecule has 112 valence electrons. The number of hydrogen-bond donors (Lipinski definition) is 2. The predicted octanol–water partition coefficient (Wildman–Crippen LogP) is 1.36. The molecule has 1 fully saturated rings. The largest absolute Gasteiger partial charge is 0.348 e. The zero-order chi connectivity index (χ0) is 14.9. The molecule has 1 aliphatic rings. The molecule has 0 spiro atoms. The summed E-state index contributed by atoms with van der Waals surface area (Å²) in [4.78, 5) is 28.7. The van der Waals surface area contributed by atoms with E-state index in [9.17, 15) is 4.79 Å². The van der Waals surface area contributed by atoms with Crippen LogP contribution in [0.15, 0.2) is 23.3 Å². The Bertz CT molecular complexity index is 653. The quantitative estimate of drug-likeness (QED) is 0.893. The van der Waals surface area contributed by atoms with Crippen molar-refractivity contribution in [2.24, 2.45) is 0 Å². The Morgan fingerprint density at radius 2 is 2.14 bits per heavy atom. The first-order valence-electron chi connectivity index (χ1n) is 7.34. The van der Waals surface area contributed by atoms with Crippen LogP contribution in [0.2, 0.25) is 0 Å². The molecule has 2 aromatic rings. The highest BCUT2D eigenvalue weighted by atomic mass is 16.1. The van der Waals surface area contributed by atoms with Gasteiger partial charge in [-0.15, -0.1) is 0 Å². The molecule has 0 bridgehead atoms. The van der Waals surface area contributed by atoms with Crippen LogP contribution in [0.5, 0.6) is 0 Å². The Morgan fingerprint density at radius 1 is 1.38 bits per heavy atom. The van der Waals surface area contributed by atoms with Crippen LogP contribution in [0.3, 0.4) is 0 Å². The summed E-state index contributed by atoms with van der Waals surface area (Å²) < 4.78 is 0. The van der Waals surface area contributed by atoms with Gasteiger partial charge < -0.3 is 9.97 Å². The van der Waals surface area contributed by atoms with Crippen molar-refractivity contribution in [1.29, 1.82) is 0 Å². The highest BCUT2D eigenvalue weighted by Gasteiger charge is 2.33. The van der Waals surface area contributed by atoms with Gasteiger partial charge in [-0.05, 0) is 32.9 Å². The molecule has 1 aliphatic heterocycles. The molecule has 1 saturated heterocycles. The predicted molar refractivity (Wildman–Crippen MR) is 80.0 cm³/mol. The summed E-state index contributed by atoms with van der Waals surface area (Å²) in [5.74, 6) is 1.69. The van der Waals surface area contributed by atoms with E-state index in [0.29, 0.717) is 5.82 Å². The minimum absolute atomic E-state index is 0.0152. The Labute approximate surface area is 123 Å². The molecule has 2 aromatic heterocycles. The summed E-state index contributed by atoms with van der Waals surface area (Å²) in [6, 6.07) is 1.65. The lowest BCUT2D eigenvalue weighted by Crippen LogP contribution is -2.41. The molecule has 6 nitrogen and oxygen atoms in total. The van der Waals surface area contributed by atoms with Crippen LogP contribution in [0.1, 0.15) is 37.1 Å². The van der Waals surface area contributed by atoms with Crippen molar-refractivity contribution in [1.82, 2.24) is 24.8 Å². The molecular formula is C15H21N5O. The van der Waals surface area contributed by atoms with E-state index >= 15 is 0 Å². The second-order valence-electron chi connectivity index (χ2n) is 6.09. The Morgan fingerprint density at radius 3 is 2.76 bits per heavy atom. The Kier molecular flexibility index (Phi) is 3.63. The fourth-order valence-corrected chi connectivity index (χ4v) is 2.95. The molecular weight excluding hydrogens is 266 g/mol. The van der Waals surface area contributed by atoms with Crippen molar-refractivity contribution >= 4 is 0 Å². The topological polar surface area (TPSA) is 77.7 Å². The van der Waals surface area contributed by atoms with Crippen LogP contribution in [0, 0.1) is 6.92 Å². The Hall–Kier alpha value is -1.95. The van der Waals surface area contributed by atoms with Crippen LogP contribution in [0.4, 0.5) is 0 Å². The lowest BCUT2D eigenvalue weighted by molar-refractivity contribution is 0.156. The number of imidazole rings is 1. The molecule has 6 heteroatoms. The van der Waals surface area contributed by atoms with Crippen LogP contribution in [-0.4, -0.2) is 37.9 Å². The van der Waals surface area contributed by atoms with E-state index in [2.05, 4.69) is 31.8 Å². The maximum atomic E-state index is 11.7. The van der Waals surface area contributed by atoms with Crippen molar-refractivity contribution in [3.8, 4) is 0 Å². The van der Waals surface area contributed by atoms with E-state index in [-0.39, 0.29) is 11.0 Å². The summed E-state index contributed by atoms with van der Waals surface area (Å²) in [5, 5.41) is 0. The number of aromatic amines is 2. The van der Waals surface area contributed by atoms with Gasteiger partial charge in [-0.25, -0.2) is 9.97 Å². The number of rotatable bonds is 3. The highest BCUT2D eigenvalue weighted by molar-refractivity contribution is 5.16. The molecule has 3 rings (SSSR count). The van der Waals surface area contributed by atoms with Crippen molar-refractivity contribution in [3.05, 3.63) is 46.2 Å². The van der Waals surface area contributed by atoms with Gasteiger partial charge in [-0.2, -0.15) is 0 Å². The lowest BCUT2D eigenvalue weighted by Gasteiger charge is -2.38. The molecule has 0 radical (unpaired) electrons. The lowest BCUT2D eigenvalue weighted by atomic mass is 9.77. The third-order valence-corrected chi connectivity index (χ3v) is 4.37. The van der Waals surface area contributed by atoms with Crippen molar-refractivity contribution < 1.29 is 0 Å². The maximum Gasteiger partial charge on any atom is 0.251 e. The van der Waals surface area contributed by atoms with E-state index in [1.807, 2.05) is 13.1 Å². The number of likely N-dealkylation sites (tertiary alicyclic amines) is 1. The van der Waals surface area contributed by atoms with Gasteiger partial charge in [-0.3, -0.25) is 9.69 Å². The first kappa shape index (κ1) is 14.0. The summed E-state index contributed by atoms with van der Waals surface area (Å²) in [7, 11) is 0. The minimum Gasteiger partial charge on any atom is -0.348 e. The first-order chi connectivity index (χ1) is 10.0. The SMILES string of the molecule is Cc1nc(C2(C)CCN(Cc3ncc[nH]3)CC2)cc(=O)[nH]1. The van der Waals surface area contributed by atoms with Gasteiger partial charge in [0, 0.05) is 23.9 Å². The van der Waals surface area contributed by atoms with Crippen LogP contribution in [0.25, 0.3) is 0 Å². The van der Waals surface area contributed by atoms with Crippen molar-refractivity contribution in [2.75, 3.05) is 13.1 Å². The smallest absolute Gasteiger partial charge is 0.251 e. The third kappa shape index (κ3) is 3.05. The van der Waals surface area contributed by atoms with Gasteiger partial charge in [-0.1, -0.05) is 6.92 Å². The zero-order valence-corrected chi connectivity index (χ0v) is 12.5. The summed E-state index contributed by atoms with van der Waals surface area (Å²) in [5.41, 5.74) is 0.844. The fourth-order valence-electron chi connectivity index (χ4n) is 2.95. The second kappa shape index (κ2) is 5.44. The third-order valence-electron chi connectivity index (χ3n) is 4.37. The number of H-pyrrole nitrogens is 2. The van der Waals surface area contributed by atoms with E-state index < -0.39 is 0 Å². The van der Waals surface area contributed by atoms with Gasteiger partial charge in [0.15, 0.2) is 0 Å². The van der Waals surface area contributed by atoms with Crippen LogP contribution < -0.4 is 5.56 Å². The molecule has 0 aromatic carbocycles. The minimum atomic E-state index is -0.0586. The number of piperidine rings is 1. The molecule has 0 aliphatic carbocycles. The second-order valence-corrected chi connectivity index (χ2v) is 6.09. The number of aromatic nitrogens is 4. The maximum absolute atomic E-state index is 11.7. The van der Waals surface area contributed by atoms with E-state index in [1.165, 1.54) is 0 Å². The molecule has 0 unspecified atom stereocenters. The number of aryl methyl sites for hydroxylation is 1. The van der Waals surface area contributed by atoms with Gasteiger partial charge >= 0.3 is 0 Å². The van der Waals surface area contributed by atoms with Crippen LogP contribution >= 0.6 is 0 Å². The van der Waals surface area contributed by atoms with E-state index in [0.717, 1.165) is 44.0 Å². The fraction of sp³-hybridized carbons (Fsp3) is 0.533. The van der Waals surface area contributed by atoms with Gasteiger partial charge in [0.05, 0.1) is 12.2 Å². The highest BCUT2D eigenvalue weighted by Crippen LogP contribution is 2.33. The van der Waals surface area contributed by atoms with Crippen LogP contribution in [-0.2, 0) is 12.0 Å². The van der Waals surface area contributed by atoms with Crippen molar-refractivity contribution in [2.45, 2.75) is 38.6 Å². The van der Waals surface area contributed by atoms with E-state index in [4.69, 9.17) is 0 Å². The Balaban J connectivity index is 1.70. The number of hydrogen-bond acceptors (Lipinski definition) is 4. The average molecular weight is 287 g/mol. The molecule has 0 amide bonds. The molecule has 3 heterocycles. The van der Waals surface area contributed by atoms with Gasteiger partial charge in [0.2, 0.25) is 0 Å².